The minimum absolute atomic E-state index is 0.0515. The molecule has 1 aliphatic carbocycles. The molecule has 1 fully saturated rings. The highest BCUT2D eigenvalue weighted by atomic mass is 19.1. The van der Waals surface area contributed by atoms with E-state index < -0.39 is 0 Å². The van der Waals surface area contributed by atoms with Crippen LogP contribution in [0, 0.1) is 18.2 Å². The van der Waals surface area contributed by atoms with Crippen molar-refractivity contribution in [1.29, 1.82) is 0 Å². The summed E-state index contributed by atoms with van der Waals surface area (Å²) in [5, 5.41) is 0. The largest absolute Gasteiger partial charge is 0.323 e. The van der Waals surface area contributed by atoms with Crippen molar-refractivity contribution in [3.63, 3.8) is 0 Å². The number of aryl methyl sites for hydroxylation is 1. The van der Waals surface area contributed by atoms with Gasteiger partial charge in [-0.15, -0.1) is 0 Å². The molecule has 1 unspecified atom stereocenters. The Balaban J connectivity index is 2.32. The summed E-state index contributed by atoms with van der Waals surface area (Å²) in [5.41, 5.74) is 8.82. The lowest BCUT2D eigenvalue weighted by Gasteiger charge is -2.35. The van der Waals surface area contributed by atoms with Gasteiger partial charge >= 0.3 is 0 Å². The first kappa shape index (κ1) is 12.6. The Hall–Kier alpha value is -0.890. The zero-order chi connectivity index (χ0) is 12.5. The van der Waals surface area contributed by atoms with Crippen LogP contribution in [0.1, 0.15) is 56.2 Å². The van der Waals surface area contributed by atoms with E-state index in [4.69, 9.17) is 5.73 Å². The van der Waals surface area contributed by atoms with Gasteiger partial charge in [0.05, 0.1) is 0 Å². The van der Waals surface area contributed by atoms with Crippen molar-refractivity contribution >= 4 is 0 Å². The van der Waals surface area contributed by atoms with E-state index in [1.54, 1.807) is 6.07 Å². The van der Waals surface area contributed by atoms with E-state index in [1.807, 2.05) is 13.0 Å². The molecule has 2 heteroatoms. The summed E-state index contributed by atoms with van der Waals surface area (Å²) < 4.78 is 13.1. The SMILES string of the molecule is CCC1(C(N)c2ccc(F)cc2C)CCCC1. The number of nitrogens with two attached hydrogens (primary N) is 1. The van der Waals surface area contributed by atoms with Gasteiger partial charge in [0.1, 0.15) is 5.82 Å². The first-order valence-corrected chi connectivity index (χ1v) is 6.61. The fourth-order valence-corrected chi connectivity index (χ4v) is 3.28. The maximum Gasteiger partial charge on any atom is 0.123 e. The van der Waals surface area contributed by atoms with Gasteiger partial charge in [0, 0.05) is 6.04 Å². The minimum Gasteiger partial charge on any atom is -0.323 e. The highest BCUT2D eigenvalue weighted by Crippen LogP contribution is 2.49. The molecule has 0 amide bonds. The van der Waals surface area contributed by atoms with Crippen molar-refractivity contribution in [2.24, 2.45) is 11.1 Å². The van der Waals surface area contributed by atoms with Crippen molar-refractivity contribution in [2.75, 3.05) is 0 Å². The van der Waals surface area contributed by atoms with Crippen LogP contribution in [0.5, 0.6) is 0 Å². The summed E-state index contributed by atoms with van der Waals surface area (Å²) in [6.07, 6.45) is 6.09. The predicted molar refractivity (Wildman–Crippen MR) is 69.3 cm³/mol. The molecular weight excluding hydrogens is 213 g/mol. The molecule has 0 aliphatic heterocycles. The van der Waals surface area contributed by atoms with Crippen LogP contribution in [-0.2, 0) is 0 Å². The highest BCUT2D eigenvalue weighted by molar-refractivity contribution is 5.31. The number of hydrogen-bond donors (Lipinski definition) is 1. The molecule has 0 radical (unpaired) electrons. The van der Waals surface area contributed by atoms with Crippen LogP contribution in [0.2, 0.25) is 0 Å². The van der Waals surface area contributed by atoms with Gasteiger partial charge in [0.15, 0.2) is 0 Å². The van der Waals surface area contributed by atoms with Crippen LogP contribution >= 0.6 is 0 Å². The van der Waals surface area contributed by atoms with Crippen LogP contribution in [0.15, 0.2) is 18.2 Å². The van der Waals surface area contributed by atoms with E-state index in [0.717, 1.165) is 17.5 Å². The molecule has 0 saturated heterocycles. The molecule has 17 heavy (non-hydrogen) atoms. The van der Waals surface area contributed by atoms with Crippen LogP contribution in [0.3, 0.4) is 0 Å². The Morgan fingerprint density at radius 1 is 1.35 bits per heavy atom. The first-order chi connectivity index (χ1) is 8.09. The van der Waals surface area contributed by atoms with Gasteiger partial charge in [-0.05, 0) is 54.9 Å². The predicted octanol–water partition coefficient (Wildman–Crippen LogP) is 4.10. The molecule has 1 aromatic rings. The number of benzene rings is 1. The van der Waals surface area contributed by atoms with Crippen LogP contribution < -0.4 is 5.73 Å². The molecule has 2 rings (SSSR count). The quantitative estimate of drug-likeness (QED) is 0.838. The summed E-state index contributed by atoms with van der Waals surface area (Å²) in [7, 11) is 0. The van der Waals surface area contributed by atoms with Crippen molar-refractivity contribution in [3.8, 4) is 0 Å². The van der Waals surface area contributed by atoms with E-state index >= 15 is 0 Å². The van der Waals surface area contributed by atoms with Gasteiger partial charge in [-0.1, -0.05) is 25.8 Å². The van der Waals surface area contributed by atoms with E-state index in [9.17, 15) is 4.39 Å². The zero-order valence-electron chi connectivity index (χ0n) is 10.8. The molecule has 94 valence electrons. The Kier molecular flexibility index (Phi) is 3.53. The van der Waals surface area contributed by atoms with Crippen molar-refractivity contribution < 1.29 is 4.39 Å². The van der Waals surface area contributed by atoms with Gasteiger partial charge in [0.25, 0.3) is 0 Å². The smallest absolute Gasteiger partial charge is 0.123 e. The molecule has 1 atom stereocenters. The van der Waals surface area contributed by atoms with Gasteiger partial charge in [0.2, 0.25) is 0 Å². The summed E-state index contributed by atoms with van der Waals surface area (Å²) in [5.74, 6) is -0.171. The first-order valence-electron chi connectivity index (χ1n) is 6.61. The molecule has 1 nitrogen and oxygen atoms in total. The topological polar surface area (TPSA) is 26.0 Å². The maximum atomic E-state index is 13.1. The minimum atomic E-state index is -0.171. The molecule has 1 saturated carbocycles. The van der Waals surface area contributed by atoms with Gasteiger partial charge < -0.3 is 5.73 Å². The van der Waals surface area contributed by atoms with Gasteiger partial charge in [-0.3, -0.25) is 0 Å². The average molecular weight is 235 g/mol. The van der Waals surface area contributed by atoms with E-state index in [1.165, 1.54) is 31.7 Å². The average Bonchev–Trinajstić information content (AvgIpc) is 2.78. The number of rotatable bonds is 3. The number of halogens is 1. The van der Waals surface area contributed by atoms with E-state index in [0.29, 0.717) is 0 Å². The second-order valence-electron chi connectivity index (χ2n) is 5.40. The lowest BCUT2D eigenvalue weighted by molar-refractivity contribution is 0.221. The van der Waals surface area contributed by atoms with Gasteiger partial charge in [-0.2, -0.15) is 0 Å². The molecule has 2 N–H and O–H groups in total. The Morgan fingerprint density at radius 2 is 2.00 bits per heavy atom. The summed E-state index contributed by atoms with van der Waals surface area (Å²) >= 11 is 0. The van der Waals surface area contributed by atoms with E-state index in [-0.39, 0.29) is 17.3 Å². The fourth-order valence-electron chi connectivity index (χ4n) is 3.28. The van der Waals surface area contributed by atoms with Gasteiger partial charge in [-0.25, -0.2) is 4.39 Å². The van der Waals surface area contributed by atoms with Crippen LogP contribution in [-0.4, -0.2) is 0 Å². The van der Waals surface area contributed by atoms with Crippen molar-refractivity contribution in [2.45, 2.75) is 52.0 Å². The highest BCUT2D eigenvalue weighted by Gasteiger charge is 2.38. The second kappa shape index (κ2) is 4.77. The molecular formula is C15H22FN. The lowest BCUT2D eigenvalue weighted by Crippen LogP contribution is -2.32. The van der Waals surface area contributed by atoms with Crippen LogP contribution in [0.4, 0.5) is 4.39 Å². The second-order valence-corrected chi connectivity index (χ2v) is 5.40. The summed E-state index contributed by atoms with van der Waals surface area (Å²) in [4.78, 5) is 0. The molecule has 0 bridgehead atoms. The van der Waals surface area contributed by atoms with E-state index in [2.05, 4.69) is 6.92 Å². The Bertz CT molecular complexity index is 394. The standard InChI is InChI=1S/C15H22FN/c1-3-15(8-4-5-9-15)14(17)13-7-6-12(16)10-11(13)2/h6-7,10,14H,3-5,8-9,17H2,1-2H3. The lowest BCUT2D eigenvalue weighted by atomic mass is 9.73. The third kappa shape index (κ3) is 2.23. The van der Waals surface area contributed by atoms with Crippen molar-refractivity contribution in [1.82, 2.24) is 0 Å². The summed E-state index contributed by atoms with van der Waals surface area (Å²) in [6.45, 7) is 4.18. The Morgan fingerprint density at radius 3 is 2.53 bits per heavy atom. The fraction of sp³-hybridized carbons (Fsp3) is 0.600. The third-order valence-electron chi connectivity index (χ3n) is 4.53. The molecule has 1 aliphatic rings. The molecule has 1 aromatic carbocycles. The monoisotopic (exact) mass is 235 g/mol. The molecule has 0 spiro atoms. The van der Waals surface area contributed by atoms with Crippen molar-refractivity contribution in [3.05, 3.63) is 35.1 Å². The number of hydrogen-bond acceptors (Lipinski definition) is 1. The van der Waals surface area contributed by atoms with Crippen LogP contribution in [0.25, 0.3) is 0 Å². The maximum absolute atomic E-state index is 13.1. The third-order valence-corrected chi connectivity index (χ3v) is 4.53. The molecule has 0 aromatic heterocycles. The molecule has 0 heterocycles. The summed E-state index contributed by atoms with van der Waals surface area (Å²) in [6, 6.07) is 5.04. The normalized spacial score (nSPS) is 20.5. The zero-order valence-corrected chi connectivity index (χ0v) is 10.8. The Labute approximate surface area is 103 Å².